The SMILES string of the molecule is Cc1cc(Cl)ccc1NC(=O)CSc1nnc([C@@H](C)N2C(=O)COc3ccccc32)n1C. The minimum absolute atomic E-state index is 0.0227. The van der Waals surface area contributed by atoms with Crippen LogP contribution in [-0.4, -0.2) is 38.9 Å². The molecule has 10 heteroatoms. The summed E-state index contributed by atoms with van der Waals surface area (Å²) in [7, 11) is 1.83. The van der Waals surface area contributed by atoms with Gasteiger partial charge in [0.05, 0.1) is 17.5 Å². The average molecular weight is 472 g/mol. The van der Waals surface area contributed by atoms with Crippen molar-refractivity contribution in [1.29, 1.82) is 0 Å². The summed E-state index contributed by atoms with van der Waals surface area (Å²) >= 11 is 7.24. The van der Waals surface area contributed by atoms with Crippen molar-refractivity contribution < 1.29 is 14.3 Å². The number of carbonyl (C=O) groups excluding carboxylic acids is 2. The number of ether oxygens (including phenoxy) is 1. The lowest BCUT2D eigenvalue weighted by molar-refractivity contribution is -0.121. The van der Waals surface area contributed by atoms with Crippen LogP contribution in [0.3, 0.4) is 0 Å². The van der Waals surface area contributed by atoms with Gasteiger partial charge in [-0.05, 0) is 49.7 Å². The monoisotopic (exact) mass is 471 g/mol. The minimum atomic E-state index is -0.357. The molecular formula is C22H22ClN5O3S. The Kier molecular flexibility index (Phi) is 6.38. The number of amides is 2. The van der Waals surface area contributed by atoms with E-state index in [-0.39, 0.29) is 30.2 Å². The third-order valence-corrected chi connectivity index (χ3v) is 6.42. The molecule has 4 rings (SSSR count). The highest BCUT2D eigenvalue weighted by atomic mass is 35.5. The Hall–Kier alpha value is -3.04. The van der Waals surface area contributed by atoms with Crippen molar-refractivity contribution in [2.45, 2.75) is 25.0 Å². The summed E-state index contributed by atoms with van der Waals surface area (Å²) in [5.41, 5.74) is 2.31. The molecule has 0 spiro atoms. The summed E-state index contributed by atoms with van der Waals surface area (Å²) < 4.78 is 7.33. The van der Waals surface area contributed by atoms with Crippen LogP contribution in [0, 0.1) is 6.92 Å². The average Bonchev–Trinajstić information content (AvgIpc) is 3.14. The van der Waals surface area contributed by atoms with Crippen LogP contribution in [0.1, 0.15) is 24.4 Å². The molecule has 1 aromatic heterocycles. The van der Waals surface area contributed by atoms with Crippen molar-refractivity contribution in [3.8, 4) is 5.75 Å². The third-order valence-electron chi connectivity index (χ3n) is 5.17. The maximum absolute atomic E-state index is 12.6. The summed E-state index contributed by atoms with van der Waals surface area (Å²) in [6.45, 7) is 3.76. The van der Waals surface area contributed by atoms with Crippen LogP contribution in [0.2, 0.25) is 5.02 Å². The van der Waals surface area contributed by atoms with Crippen molar-refractivity contribution in [3.63, 3.8) is 0 Å². The molecule has 2 amide bonds. The zero-order valence-electron chi connectivity index (χ0n) is 17.8. The standard InChI is InChI=1S/C22H22ClN5O3S/c1-13-10-15(23)8-9-16(13)24-19(29)12-32-22-26-25-21(27(22)3)14(2)28-17-6-4-5-7-18(17)31-11-20(28)30/h4-10,14H,11-12H2,1-3H3,(H,24,29)/t14-/m1/s1. The molecule has 2 heterocycles. The Morgan fingerprint density at radius 3 is 2.84 bits per heavy atom. The van der Waals surface area contributed by atoms with Crippen molar-refractivity contribution in [3.05, 3.63) is 58.9 Å². The van der Waals surface area contributed by atoms with Crippen molar-refractivity contribution in [2.75, 3.05) is 22.6 Å². The fourth-order valence-corrected chi connectivity index (χ4v) is 4.51. The predicted molar refractivity (Wildman–Crippen MR) is 124 cm³/mol. The predicted octanol–water partition coefficient (Wildman–Crippen LogP) is 3.99. The second-order valence-electron chi connectivity index (χ2n) is 7.39. The third kappa shape index (κ3) is 4.44. The van der Waals surface area contributed by atoms with E-state index in [0.717, 1.165) is 11.3 Å². The van der Waals surface area contributed by atoms with E-state index in [4.69, 9.17) is 16.3 Å². The van der Waals surface area contributed by atoms with Crippen LogP contribution in [0.4, 0.5) is 11.4 Å². The summed E-state index contributed by atoms with van der Waals surface area (Å²) in [6, 6.07) is 12.4. The molecule has 8 nitrogen and oxygen atoms in total. The Morgan fingerprint density at radius 2 is 2.06 bits per heavy atom. The fraction of sp³-hybridized carbons (Fsp3) is 0.273. The van der Waals surface area contributed by atoms with Crippen molar-refractivity contribution in [1.82, 2.24) is 14.8 Å². The largest absolute Gasteiger partial charge is 0.482 e. The van der Waals surface area contributed by atoms with Gasteiger partial charge >= 0.3 is 0 Å². The van der Waals surface area contributed by atoms with Gasteiger partial charge in [-0.25, -0.2) is 0 Å². The molecule has 1 aliphatic heterocycles. The van der Waals surface area contributed by atoms with Crippen LogP contribution >= 0.6 is 23.4 Å². The Morgan fingerprint density at radius 1 is 1.28 bits per heavy atom. The van der Waals surface area contributed by atoms with E-state index in [1.165, 1.54) is 11.8 Å². The second-order valence-corrected chi connectivity index (χ2v) is 8.77. The first-order chi connectivity index (χ1) is 15.3. The molecule has 2 aromatic carbocycles. The summed E-state index contributed by atoms with van der Waals surface area (Å²) in [6.07, 6.45) is 0. The maximum atomic E-state index is 12.6. The summed E-state index contributed by atoms with van der Waals surface area (Å²) in [4.78, 5) is 26.7. The van der Waals surface area contributed by atoms with E-state index in [9.17, 15) is 9.59 Å². The van der Waals surface area contributed by atoms with Gasteiger partial charge in [0, 0.05) is 17.8 Å². The Labute approximate surface area is 194 Å². The van der Waals surface area contributed by atoms with Crippen LogP contribution in [-0.2, 0) is 16.6 Å². The first kappa shape index (κ1) is 22.2. The molecule has 0 aliphatic carbocycles. The molecule has 0 saturated carbocycles. The van der Waals surface area contributed by atoms with Crippen molar-refractivity contribution >= 4 is 46.6 Å². The number of carbonyl (C=O) groups is 2. The van der Waals surface area contributed by atoms with Crippen LogP contribution in [0.5, 0.6) is 5.75 Å². The van der Waals surface area contributed by atoms with Crippen LogP contribution < -0.4 is 15.0 Å². The highest BCUT2D eigenvalue weighted by molar-refractivity contribution is 7.99. The molecule has 0 bridgehead atoms. The summed E-state index contributed by atoms with van der Waals surface area (Å²) in [5, 5.41) is 12.6. The van der Waals surface area contributed by atoms with E-state index in [0.29, 0.717) is 27.4 Å². The van der Waals surface area contributed by atoms with E-state index in [2.05, 4.69) is 15.5 Å². The van der Waals surface area contributed by atoms with Crippen molar-refractivity contribution in [2.24, 2.45) is 7.05 Å². The number of aromatic nitrogens is 3. The number of rotatable bonds is 6. The number of hydrogen-bond acceptors (Lipinski definition) is 6. The first-order valence-corrected chi connectivity index (χ1v) is 11.3. The molecule has 0 radical (unpaired) electrons. The minimum Gasteiger partial charge on any atom is -0.482 e. The van der Waals surface area contributed by atoms with Crippen LogP contribution in [0.15, 0.2) is 47.6 Å². The second kappa shape index (κ2) is 9.22. The number of anilines is 2. The zero-order valence-corrected chi connectivity index (χ0v) is 19.4. The fourth-order valence-electron chi connectivity index (χ4n) is 3.56. The van der Waals surface area contributed by atoms with Gasteiger partial charge in [-0.3, -0.25) is 14.5 Å². The number of aryl methyl sites for hydroxylation is 1. The molecule has 0 unspecified atom stereocenters. The highest BCUT2D eigenvalue weighted by Crippen LogP contribution is 2.37. The molecule has 32 heavy (non-hydrogen) atoms. The van der Waals surface area contributed by atoms with Gasteiger partial charge in [-0.1, -0.05) is 35.5 Å². The number of hydrogen-bond donors (Lipinski definition) is 1. The number of nitrogens with one attached hydrogen (secondary N) is 1. The molecule has 1 atom stereocenters. The van der Waals surface area contributed by atoms with Gasteiger partial charge in [0.2, 0.25) is 5.91 Å². The molecule has 1 aliphatic rings. The van der Waals surface area contributed by atoms with Gasteiger partial charge in [0.15, 0.2) is 17.6 Å². The Balaban J connectivity index is 1.45. The molecule has 166 valence electrons. The summed E-state index contributed by atoms with van der Waals surface area (Å²) in [5.74, 6) is 1.14. The van der Waals surface area contributed by atoms with Gasteiger partial charge in [0.25, 0.3) is 5.91 Å². The van der Waals surface area contributed by atoms with Gasteiger partial charge < -0.3 is 14.6 Å². The van der Waals surface area contributed by atoms with E-state index in [1.54, 1.807) is 23.1 Å². The van der Waals surface area contributed by atoms with E-state index in [1.807, 2.05) is 49.7 Å². The van der Waals surface area contributed by atoms with E-state index < -0.39 is 0 Å². The topological polar surface area (TPSA) is 89.3 Å². The quantitative estimate of drug-likeness (QED) is 0.547. The number of halogens is 1. The van der Waals surface area contributed by atoms with Crippen LogP contribution in [0.25, 0.3) is 0 Å². The molecular weight excluding hydrogens is 450 g/mol. The maximum Gasteiger partial charge on any atom is 0.265 e. The van der Waals surface area contributed by atoms with Gasteiger partial charge in [0.1, 0.15) is 5.75 Å². The number of thioether (sulfide) groups is 1. The van der Waals surface area contributed by atoms with Gasteiger partial charge in [-0.2, -0.15) is 0 Å². The lowest BCUT2D eigenvalue weighted by Crippen LogP contribution is -2.41. The van der Waals surface area contributed by atoms with Gasteiger partial charge in [-0.15, -0.1) is 10.2 Å². The lowest BCUT2D eigenvalue weighted by atomic mass is 10.1. The molecule has 3 aromatic rings. The molecule has 1 N–H and O–H groups in total. The molecule has 0 fully saturated rings. The number of nitrogens with zero attached hydrogens (tertiary/aromatic N) is 4. The highest BCUT2D eigenvalue weighted by Gasteiger charge is 2.32. The lowest BCUT2D eigenvalue weighted by Gasteiger charge is -2.33. The molecule has 0 saturated heterocycles. The van der Waals surface area contributed by atoms with E-state index >= 15 is 0 Å². The number of para-hydroxylation sites is 2. The number of benzene rings is 2. The Bertz CT molecular complexity index is 1180. The first-order valence-electron chi connectivity index (χ1n) is 9.97. The zero-order chi connectivity index (χ0) is 22.8. The normalized spacial score (nSPS) is 14.0. The smallest absolute Gasteiger partial charge is 0.265 e. The number of fused-ring (bicyclic) bond motifs is 1.